The zero-order valence-corrected chi connectivity index (χ0v) is 12.7. The fraction of sp³-hybridized carbons (Fsp3) is 0.571. The third-order valence-corrected chi connectivity index (χ3v) is 6.06. The van der Waals surface area contributed by atoms with E-state index in [1.165, 1.54) is 4.31 Å². The summed E-state index contributed by atoms with van der Waals surface area (Å²) in [7, 11) is -3.51. The number of aliphatic hydroxyl groups excluding tert-OH is 1. The van der Waals surface area contributed by atoms with Crippen molar-refractivity contribution in [2.45, 2.75) is 38.8 Å². The zero-order valence-electron chi connectivity index (χ0n) is 11.8. The molecule has 0 radical (unpaired) electrons. The van der Waals surface area contributed by atoms with Crippen LogP contribution in [0.2, 0.25) is 0 Å². The molecule has 0 bridgehead atoms. The van der Waals surface area contributed by atoms with Gasteiger partial charge in [0.05, 0.1) is 23.4 Å². The van der Waals surface area contributed by atoms with Gasteiger partial charge in [-0.05, 0) is 38.8 Å². The molecule has 1 aromatic rings. The van der Waals surface area contributed by atoms with Crippen LogP contribution in [0.3, 0.4) is 0 Å². The molecule has 0 unspecified atom stereocenters. The first-order valence-electron chi connectivity index (χ1n) is 6.40. The maximum Gasteiger partial charge on any atom is 0.217 e. The summed E-state index contributed by atoms with van der Waals surface area (Å²) in [6.07, 6.45) is 0. The Bertz CT molecular complexity index is 555. The largest absolute Gasteiger partial charge is 0.395 e. The van der Waals surface area contributed by atoms with E-state index >= 15 is 0 Å². The molecule has 0 atom stereocenters. The van der Waals surface area contributed by atoms with Crippen LogP contribution in [0.15, 0.2) is 24.3 Å². The SMILES string of the molecule is CC1(C)c2ccccc2C(C)(C)N1S(=O)(=O)CCO. The Balaban J connectivity index is 2.66. The van der Waals surface area contributed by atoms with Crippen molar-refractivity contribution in [2.24, 2.45) is 0 Å². The van der Waals surface area contributed by atoms with E-state index in [1.807, 2.05) is 52.0 Å². The van der Waals surface area contributed by atoms with Gasteiger partial charge in [-0.2, -0.15) is 4.31 Å². The van der Waals surface area contributed by atoms with Gasteiger partial charge in [0, 0.05) is 0 Å². The highest BCUT2D eigenvalue weighted by molar-refractivity contribution is 7.89. The van der Waals surface area contributed by atoms with Crippen molar-refractivity contribution < 1.29 is 13.5 Å². The summed E-state index contributed by atoms with van der Waals surface area (Å²) in [6, 6.07) is 7.81. The van der Waals surface area contributed by atoms with E-state index in [2.05, 4.69) is 0 Å². The molecule has 0 spiro atoms. The van der Waals surface area contributed by atoms with Crippen LogP contribution in [0, 0.1) is 0 Å². The van der Waals surface area contributed by atoms with Crippen molar-refractivity contribution in [3.63, 3.8) is 0 Å². The summed E-state index contributed by atoms with van der Waals surface area (Å²) < 4.78 is 26.5. The van der Waals surface area contributed by atoms with Crippen LogP contribution >= 0.6 is 0 Å². The number of hydrogen-bond donors (Lipinski definition) is 1. The lowest BCUT2D eigenvalue weighted by Gasteiger charge is -2.39. The summed E-state index contributed by atoms with van der Waals surface area (Å²) in [5.41, 5.74) is 0.852. The molecule has 1 aromatic carbocycles. The molecule has 0 aliphatic carbocycles. The van der Waals surface area contributed by atoms with Gasteiger partial charge in [0.25, 0.3) is 0 Å². The van der Waals surface area contributed by atoms with Gasteiger partial charge in [-0.3, -0.25) is 0 Å². The fourth-order valence-electron chi connectivity index (χ4n) is 3.37. The molecular formula is C14H21NO3S. The second-order valence-corrected chi connectivity index (χ2v) is 7.90. The van der Waals surface area contributed by atoms with Gasteiger partial charge in [-0.15, -0.1) is 0 Å². The monoisotopic (exact) mass is 283 g/mol. The second-order valence-electron chi connectivity index (χ2n) is 5.97. The van der Waals surface area contributed by atoms with Crippen molar-refractivity contribution >= 4 is 10.0 Å². The number of fused-ring (bicyclic) bond motifs is 1. The summed E-state index contributed by atoms with van der Waals surface area (Å²) in [5, 5.41) is 9.01. The first kappa shape index (κ1) is 14.5. The van der Waals surface area contributed by atoms with Crippen LogP contribution < -0.4 is 0 Å². The maximum absolute atomic E-state index is 12.5. The molecule has 1 N–H and O–H groups in total. The Morgan fingerprint density at radius 3 is 1.84 bits per heavy atom. The summed E-state index contributed by atoms with van der Waals surface area (Å²) in [4.78, 5) is 0. The van der Waals surface area contributed by atoms with Crippen molar-refractivity contribution in [2.75, 3.05) is 12.4 Å². The van der Waals surface area contributed by atoms with E-state index in [0.717, 1.165) is 11.1 Å². The van der Waals surface area contributed by atoms with Gasteiger partial charge in [0.1, 0.15) is 0 Å². The van der Waals surface area contributed by atoms with Crippen molar-refractivity contribution in [3.8, 4) is 0 Å². The molecule has 1 heterocycles. The molecule has 0 aromatic heterocycles. The van der Waals surface area contributed by atoms with E-state index in [4.69, 9.17) is 5.11 Å². The normalized spacial score (nSPS) is 21.3. The second kappa shape index (κ2) is 4.30. The molecule has 0 amide bonds. The minimum Gasteiger partial charge on any atom is -0.395 e. The fourth-order valence-corrected chi connectivity index (χ4v) is 5.37. The zero-order chi connectivity index (χ0) is 14.5. The highest BCUT2D eigenvalue weighted by Gasteiger charge is 2.54. The van der Waals surface area contributed by atoms with Gasteiger partial charge >= 0.3 is 0 Å². The number of rotatable bonds is 3. The minimum atomic E-state index is -3.51. The highest BCUT2D eigenvalue weighted by atomic mass is 32.2. The van der Waals surface area contributed by atoms with Crippen LogP contribution in [0.5, 0.6) is 0 Å². The van der Waals surface area contributed by atoms with E-state index in [0.29, 0.717) is 0 Å². The van der Waals surface area contributed by atoms with Crippen LogP contribution in [0.1, 0.15) is 38.8 Å². The number of hydrogen-bond acceptors (Lipinski definition) is 3. The van der Waals surface area contributed by atoms with Crippen molar-refractivity contribution in [1.29, 1.82) is 0 Å². The van der Waals surface area contributed by atoms with Gasteiger partial charge < -0.3 is 5.11 Å². The molecule has 0 saturated carbocycles. The Morgan fingerprint density at radius 2 is 1.47 bits per heavy atom. The van der Waals surface area contributed by atoms with Crippen LogP contribution in [0.4, 0.5) is 0 Å². The molecule has 4 nitrogen and oxygen atoms in total. The van der Waals surface area contributed by atoms with E-state index in [1.54, 1.807) is 0 Å². The molecule has 1 aliphatic rings. The highest BCUT2D eigenvalue weighted by Crippen LogP contribution is 2.50. The molecule has 5 heteroatoms. The number of nitrogens with zero attached hydrogens (tertiary/aromatic N) is 1. The van der Waals surface area contributed by atoms with Crippen LogP contribution in [0.25, 0.3) is 0 Å². The predicted molar refractivity (Wildman–Crippen MR) is 75.2 cm³/mol. The number of sulfonamides is 1. The topological polar surface area (TPSA) is 57.6 Å². The third kappa shape index (κ3) is 2.00. The lowest BCUT2D eigenvalue weighted by molar-refractivity contribution is 0.144. The molecule has 1 aliphatic heterocycles. The Morgan fingerprint density at radius 1 is 1.05 bits per heavy atom. The van der Waals surface area contributed by atoms with Gasteiger partial charge in [0.2, 0.25) is 10.0 Å². The average Bonchev–Trinajstić information content (AvgIpc) is 2.43. The molecule has 106 valence electrons. The Labute approximate surface area is 115 Å². The Kier molecular flexibility index (Phi) is 3.28. The molecule has 0 saturated heterocycles. The summed E-state index contributed by atoms with van der Waals surface area (Å²) >= 11 is 0. The maximum atomic E-state index is 12.5. The minimum absolute atomic E-state index is 0.242. The van der Waals surface area contributed by atoms with E-state index in [9.17, 15) is 8.42 Å². The molecule has 2 rings (SSSR count). The first-order valence-corrected chi connectivity index (χ1v) is 8.00. The predicted octanol–water partition coefficient (Wildman–Crippen LogP) is 1.79. The third-order valence-electron chi connectivity index (χ3n) is 3.89. The summed E-state index contributed by atoms with van der Waals surface area (Å²) in [6.45, 7) is 7.29. The van der Waals surface area contributed by atoms with Crippen LogP contribution in [-0.2, 0) is 21.1 Å². The number of benzene rings is 1. The van der Waals surface area contributed by atoms with Gasteiger partial charge in [-0.1, -0.05) is 24.3 Å². The quantitative estimate of drug-likeness (QED) is 0.920. The van der Waals surface area contributed by atoms with Gasteiger partial charge in [-0.25, -0.2) is 8.42 Å². The summed E-state index contributed by atoms with van der Waals surface area (Å²) in [5.74, 6) is -0.242. The first-order chi connectivity index (χ1) is 8.65. The lowest BCUT2D eigenvalue weighted by atomic mass is 9.91. The van der Waals surface area contributed by atoms with Crippen molar-refractivity contribution in [1.82, 2.24) is 4.31 Å². The lowest BCUT2D eigenvalue weighted by Crippen LogP contribution is -2.50. The smallest absolute Gasteiger partial charge is 0.217 e. The van der Waals surface area contributed by atoms with E-state index < -0.39 is 21.1 Å². The van der Waals surface area contributed by atoms with Crippen molar-refractivity contribution in [3.05, 3.63) is 35.4 Å². The molecular weight excluding hydrogens is 262 g/mol. The number of aliphatic hydroxyl groups is 1. The Hall–Kier alpha value is -0.910. The molecule has 19 heavy (non-hydrogen) atoms. The standard InChI is InChI=1S/C14H21NO3S/c1-13(2)11-7-5-6-8-12(11)14(3,4)15(13)19(17,18)10-9-16/h5-8,16H,9-10H2,1-4H3. The van der Waals surface area contributed by atoms with Crippen LogP contribution in [-0.4, -0.2) is 30.2 Å². The van der Waals surface area contributed by atoms with Gasteiger partial charge in [0.15, 0.2) is 0 Å². The van der Waals surface area contributed by atoms with E-state index in [-0.39, 0.29) is 12.4 Å². The average molecular weight is 283 g/mol. The molecule has 0 fully saturated rings.